The summed E-state index contributed by atoms with van der Waals surface area (Å²) < 4.78 is 12.0. The molecule has 0 aliphatic heterocycles. The molecule has 4 rings (SSSR count). The number of nitrogens with two attached hydrogens (primary N) is 1. The number of esters is 1. The van der Waals surface area contributed by atoms with E-state index < -0.39 is 11.6 Å². The number of hydrogen-bond donors (Lipinski definition) is 2. The van der Waals surface area contributed by atoms with Gasteiger partial charge in [-0.3, -0.25) is 9.79 Å². The number of nitrogens with zero attached hydrogens (tertiary/aromatic N) is 2. The van der Waals surface area contributed by atoms with Crippen LogP contribution >= 0.6 is 0 Å². The Morgan fingerprint density at radius 2 is 1.92 bits per heavy atom. The summed E-state index contributed by atoms with van der Waals surface area (Å²) in [6.07, 6.45) is 3.22. The van der Waals surface area contributed by atoms with Crippen LogP contribution in [-0.2, 0) is 4.74 Å². The lowest BCUT2D eigenvalue weighted by molar-refractivity contribution is 0.00640. The minimum atomic E-state index is -0.660. The molecule has 0 bridgehead atoms. The number of pyridine rings is 1. The van der Waals surface area contributed by atoms with Crippen molar-refractivity contribution in [3.8, 4) is 11.3 Å². The van der Waals surface area contributed by atoms with Crippen LogP contribution in [0, 0.1) is 13.8 Å². The molecule has 0 fully saturated rings. The molecule has 0 saturated carbocycles. The Hall–Kier alpha value is -4.46. The molecule has 1 unspecified atom stereocenters. The fraction of sp³-hybridized carbons (Fsp3) is 0.290. The molecule has 0 amide bonds. The van der Waals surface area contributed by atoms with Crippen molar-refractivity contribution in [2.24, 2.45) is 4.99 Å². The van der Waals surface area contributed by atoms with E-state index in [-0.39, 0.29) is 17.2 Å². The Morgan fingerprint density at radius 3 is 2.62 bits per heavy atom. The van der Waals surface area contributed by atoms with Gasteiger partial charge in [-0.15, -0.1) is 0 Å². The lowest BCUT2D eigenvalue weighted by Gasteiger charge is -2.22. The number of carbonyl (C=O) groups is 1. The molecule has 0 aliphatic carbocycles. The monoisotopic (exact) mass is 526 g/mol. The molecule has 1 atom stereocenters. The zero-order valence-corrected chi connectivity index (χ0v) is 23.4. The number of aromatic nitrogens is 1. The van der Waals surface area contributed by atoms with E-state index in [1.807, 2.05) is 58.9 Å². The molecular weight excluding hydrogens is 492 g/mol. The van der Waals surface area contributed by atoms with Gasteiger partial charge in [-0.1, -0.05) is 6.07 Å². The quantitative estimate of drug-likeness (QED) is 0.174. The first-order chi connectivity index (χ1) is 18.4. The lowest BCUT2D eigenvalue weighted by atomic mass is 9.98. The molecule has 2 aromatic heterocycles. The van der Waals surface area contributed by atoms with Crippen LogP contribution in [-0.4, -0.2) is 29.8 Å². The summed E-state index contributed by atoms with van der Waals surface area (Å²) in [5, 5.41) is 3.87. The normalized spacial score (nSPS) is 12.6. The summed E-state index contributed by atoms with van der Waals surface area (Å²) in [6, 6.07) is 12.5. The highest BCUT2D eigenvalue weighted by Gasteiger charge is 2.24. The van der Waals surface area contributed by atoms with E-state index in [1.165, 1.54) is 0 Å². The standard InChI is InChI=1S/C31H34N4O4/c1-17-13-22(19(3)35-25-9-8-12-34-26(25)30(37)39-31(4,5)6)29-23(14-17)27(36)18(2)28(38-29)20-10-11-24(32)21(15-20)16-33-7/h8-16,19,35H,32H2,1-7H3. The predicted molar refractivity (Wildman–Crippen MR) is 157 cm³/mol. The Morgan fingerprint density at radius 1 is 1.18 bits per heavy atom. The van der Waals surface area contributed by atoms with Gasteiger partial charge in [-0.2, -0.15) is 0 Å². The Labute approximate surface area is 227 Å². The van der Waals surface area contributed by atoms with Crippen molar-refractivity contribution in [3.05, 3.63) is 86.8 Å². The minimum absolute atomic E-state index is 0.109. The summed E-state index contributed by atoms with van der Waals surface area (Å²) in [6.45, 7) is 11.1. The lowest BCUT2D eigenvalue weighted by Crippen LogP contribution is -2.25. The van der Waals surface area contributed by atoms with Crippen LogP contribution in [0.1, 0.15) is 66.5 Å². The molecule has 202 valence electrons. The molecule has 2 aromatic carbocycles. The highest BCUT2D eigenvalue weighted by atomic mass is 16.6. The van der Waals surface area contributed by atoms with Crippen LogP contribution in [0.2, 0.25) is 0 Å². The number of benzene rings is 2. The van der Waals surface area contributed by atoms with Crippen LogP contribution in [0.5, 0.6) is 0 Å². The maximum Gasteiger partial charge on any atom is 0.359 e. The van der Waals surface area contributed by atoms with Gasteiger partial charge in [0.1, 0.15) is 16.9 Å². The largest absolute Gasteiger partial charge is 0.455 e. The third kappa shape index (κ3) is 5.85. The summed E-state index contributed by atoms with van der Waals surface area (Å²) in [7, 11) is 1.67. The topological polar surface area (TPSA) is 120 Å². The van der Waals surface area contributed by atoms with Crippen LogP contribution in [0.4, 0.5) is 11.4 Å². The first kappa shape index (κ1) is 27.6. The van der Waals surface area contributed by atoms with Crippen molar-refractivity contribution in [2.45, 2.75) is 53.2 Å². The smallest absolute Gasteiger partial charge is 0.359 e. The zero-order chi connectivity index (χ0) is 28.5. The molecule has 4 aromatic rings. The molecule has 8 heteroatoms. The maximum atomic E-state index is 13.6. The van der Waals surface area contributed by atoms with Gasteiger partial charge in [0.15, 0.2) is 11.1 Å². The first-order valence-electron chi connectivity index (χ1n) is 12.7. The van der Waals surface area contributed by atoms with Crippen molar-refractivity contribution < 1.29 is 13.9 Å². The zero-order valence-electron chi connectivity index (χ0n) is 23.4. The third-order valence-corrected chi connectivity index (χ3v) is 6.25. The van der Waals surface area contributed by atoms with E-state index in [1.54, 1.807) is 44.6 Å². The molecule has 0 radical (unpaired) electrons. The van der Waals surface area contributed by atoms with Gasteiger partial charge in [-0.05, 0) is 83.5 Å². The Bertz CT molecular complexity index is 1650. The van der Waals surface area contributed by atoms with Crippen molar-refractivity contribution in [1.29, 1.82) is 0 Å². The number of nitrogens with one attached hydrogen (secondary N) is 1. The number of fused-ring (bicyclic) bond motifs is 1. The van der Waals surface area contributed by atoms with E-state index in [4.69, 9.17) is 14.9 Å². The fourth-order valence-corrected chi connectivity index (χ4v) is 4.45. The van der Waals surface area contributed by atoms with Gasteiger partial charge in [0.25, 0.3) is 0 Å². The Balaban J connectivity index is 1.83. The van der Waals surface area contributed by atoms with Crippen molar-refractivity contribution in [2.75, 3.05) is 18.1 Å². The van der Waals surface area contributed by atoms with E-state index in [0.717, 1.165) is 22.3 Å². The third-order valence-electron chi connectivity index (χ3n) is 6.25. The molecule has 8 nitrogen and oxygen atoms in total. The second-order valence-corrected chi connectivity index (χ2v) is 10.6. The van der Waals surface area contributed by atoms with Crippen LogP contribution < -0.4 is 16.5 Å². The number of nitrogen functional groups attached to an aromatic ring is 1. The number of aliphatic imine (C=N–C) groups is 1. The van der Waals surface area contributed by atoms with Gasteiger partial charge in [0, 0.05) is 47.4 Å². The van der Waals surface area contributed by atoms with Gasteiger partial charge in [-0.25, -0.2) is 9.78 Å². The van der Waals surface area contributed by atoms with Crippen LogP contribution in [0.15, 0.2) is 62.9 Å². The van der Waals surface area contributed by atoms with Gasteiger partial charge >= 0.3 is 5.97 Å². The number of anilines is 2. The molecular formula is C31H34N4O4. The molecule has 0 aliphatic rings. The first-order valence-corrected chi connectivity index (χ1v) is 12.7. The van der Waals surface area contributed by atoms with E-state index >= 15 is 0 Å². The van der Waals surface area contributed by atoms with Crippen LogP contribution in [0.25, 0.3) is 22.3 Å². The summed E-state index contributed by atoms with van der Waals surface area (Å²) in [4.78, 5) is 34.7. The van der Waals surface area contributed by atoms with Crippen molar-refractivity contribution in [3.63, 3.8) is 0 Å². The Kier molecular flexibility index (Phi) is 7.58. The fourth-order valence-electron chi connectivity index (χ4n) is 4.45. The number of aryl methyl sites for hydroxylation is 1. The summed E-state index contributed by atoms with van der Waals surface area (Å²) in [5.41, 5.74) is 10.7. The number of hydrogen-bond acceptors (Lipinski definition) is 8. The highest BCUT2D eigenvalue weighted by molar-refractivity contribution is 5.94. The van der Waals surface area contributed by atoms with E-state index in [9.17, 15) is 9.59 Å². The molecule has 39 heavy (non-hydrogen) atoms. The average Bonchev–Trinajstić information content (AvgIpc) is 2.87. The second-order valence-electron chi connectivity index (χ2n) is 10.6. The summed E-state index contributed by atoms with van der Waals surface area (Å²) >= 11 is 0. The maximum absolute atomic E-state index is 13.6. The number of ether oxygens (including phenoxy) is 1. The molecule has 3 N–H and O–H groups in total. The summed E-state index contributed by atoms with van der Waals surface area (Å²) in [5.74, 6) is -0.0579. The SMILES string of the molecule is CN=Cc1cc(-c2oc3c(C(C)Nc4cccnc4C(=O)OC(C)(C)C)cc(C)cc3c(=O)c2C)ccc1N. The van der Waals surface area contributed by atoms with Crippen molar-refractivity contribution >= 4 is 34.5 Å². The predicted octanol–water partition coefficient (Wildman–Crippen LogP) is 6.23. The highest BCUT2D eigenvalue weighted by Crippen LogP contribution is 2.33. The molecule has 0 spiro atoms. The van der Waals surface area contributed by atoms with Crippen LogP contribution in [0.3, 0.4) is 0 Å². The van der Waals surface area contributed by atoms with Gasteiger partial charge in [0.05, 0.1) is 17.1 Å². The molecule has 0 saturated heterocycles. The average molecular weight is 527 g/mol. The second kappa shape index (κ2) is 10.7. The minimum Gasteiger partial charge on any atom is -0.455 e. The van der Waals surface area contributed by atoms with E-state index in [2.05, 4.69) is 15.3 Å². The van der Waals surface area contributed by atoms with E-state index in [0.29, 0.717) is 33.7 Å². The molecule has 2 heterocycles. The number of carbonyl (C=O) groups excluding carboxylic acids is 1. The van der Waals surface area contributed by atoms with Gasteiger partial charge in [0.2, 0.25) is 0 Å². The number of rotatable bonds is 6. The van der Waals surface area contributed by atoms with Gasteiger partial charge < -0.3 is 20.2 Å². The van der Waals surface area contributed by atoms with Crippen molar-refractivity contribution in [1.82, 2.24) is 4.98 Å².